The number of allylic oxidation sites excluding steroid dienone is 1. The molecule has 8 rings (SSSR count). The summed E-state index contributed by atoms with van der Waals surface area (Å²) in [6.07, 6.45) is 3.43. The van der Waals surface area contributed by atoms with Crippen LogP contribution in [0.25, 0.3) is 33.1 Å². The summed E-state index contributed by atoms with van der Waals surface area (Å²) in [5.41, 5.74) is 9.21. The van der Waals surface area contributed by atoms with E-state index in [0.717, 1.165) is 45.5 Å². The number of hydrogen-bond donors (Lipinski definition) is 0. The Morgan fingerprint density at radius 2 is 1.52 bits per heavy atom. The van der Waals surface area contributed by atoms with Crippen LogP contribution in [-0.4, -0.2) is 10.6 Å². The van der Waals surface area contributed by atoms with E-state index >= 15 is 4.39 Å². The molecule has 3 atom stereocenters. The van der Waals surface area contributed by atoms with Crippen LogP contribution in [0.1, 0.15) is 36.0 Å². The molecule has 1 aliphatic carbocycles. The van der Waals surface area contributed by atoms with Crippen molar-refractivity contribution in [1.29, 1.82) is 5.26 Å². The maximum absolute atomic E-state index is 15.6. The zero-order valence-electron chi connectivity index (χ0n) is 23.2. The first kappa shape index (κ1) is 24.6. The van der Waals surface area contributed by atoms with Crippen molar-refractivity contribution >= 4 is 38.8 Å². The normalized spacial score (nSPS) is 19.4. The van der Waals surface area contributed by atoms with Crippen LogP contribution in [0.5, 0.6) is 0 Å². The fourth-order valence-electron chi connectivity index (χ4n) is 7.46. The second kappa shape index (κ2) is 9.46. The van der Waals surface area contributed by atoms with Crippen molar-refractivity contribution in [3.8, 4) is 11.8 Å². The van der Waals surface area contributed by atoms with Gasteiger partial charge in [-0.25, -0.2) is 4.39 Å². The number of anilines is 2. The third kappa shape index (κ3) is 3.50. The highest BCUT2D eigenvalue weighted by Crippen LogP contribution is 2.55. The first-order valence-corrected chi connectivity index (χ1v) is 14.5. The average Bonchev–Trinajstić information content (AvgIpc) is 3.55. The van der Waals surface area contributed by atoms with Gasteiger partial charge < -0.3 is 9.47 Å². The summed E-state index contributed by atoms with van der Waals surface area (Å²) in [5.74, 6) is 0.387. The molecule has 2 aliphatic rings. The van der Waals surface area contributed by atoms with Crippen molar-refractivity contribution < 1.29 is 4.39 Å². The van der Waals surface area contributed by atoms with Crippen LogP contribution in [0.4, 0.5) is 15.8 Å². The first-order chi connectivity index (χ1) is 20.7. The summed E-state index contributed by atoms with van der Waals surface area (Å²) in [7, 11) is 0. The number of halogens is 1. The van der Waals surface area contributed by atoms with Crippen molar-refractivity contribution in [3.63, 3.8) is 0 Å². The number of para-hydroxylation sites is 4. The largest absolute Gasteiger partial charge is 0.332 e. The Morgan fingerprint density at radius 1 is 0.786 bits per heavy atom. The van der Waals surface area contributed by atoms with E-state index in [1.165, 1.54) is 11.1 Å². The first-order valence-electron chi connectivity index (χ1n) is 14.5. The van der Waals surface area contributed by atoms with E-state index in [1.54, 1.807) is 12.1 Å². The fourth-order valence-corrected chi connectivity index (χ4v) is 7.46. The molecule has 0 bridgehead atoms. The Balaban J connectivity index is 1.45. The number of rotatable bonds is 3. The van der Waals surface area contributed by atoms with Gasteiger partial charge in [-0.15, -0.1) is 0 Å². The number of nitriles is 1. The molecule has 0 saturated carbocycles. The molecular weight excluding hydrogens is 517 g/mol. The molecule has 0 spiro atoms. The van der Waals surface area contributed by atoms with Crippen LogP contribution in [-0.2, 0) is 0 Å². The quantitative estimate of drug-likeness (QED) is 0.222. The number of fused-ring (bicyclic) bond motifs is 6. The summed E-state index contributed by atoms with van der Waals surface area (Å²) in [6, 6.07) is 40.8. The standard InChI is InChI=1S/C38H28FN3/c1-24-21-30-27-14-6-8-19-34(27)42(33-18-7-5-11-25(33)23-40)38(30)31(22-24)28-15-9-16-29-36-32(39)17-10-20-35(36)41(37(28)29)26-12-3-2-4-13-26/h2-20,22,24,30,38H,21H2,1H3. The third-order valence-electron chi connectivity index (χ3n) is 9.03. The van der Waals surface area contributed by atoms with Crippen LogP contribution in [0.15, 0.2) is 121 Å². The van der Waals surface area contributed by atoms with E-state index in [1.807, 2.05) is 48.5 Å². The molecule has 4 heteroatoms. The van der Waals surface area contributed by atoms with Gasteiger partial charge in [-0.1, -0.05) is 85.8 Å². The van der Waals surface area contributed by atoms with Gasteiger partial charge in [0, 0.05) is 33.6 Å². The van der Waals surface area contributed by atoms with Crippen LogP contribution >= 0.6 is 0 Å². The van der Waals surface area contributed by atoms with E-state index in [0.29, 0.717) is 16.9 Å². The SMILES string of the molecule is CC1C=C(c2cccc3c4c(F)cccc4n(-c4ccccc4)c23)C2C(C1)c1ccccc1N2c1ccccc1C#N. The minimum Gasteiger partial charge on any atom is -0.332 e. The highest BCUT2D eigenvalue weighted by Gasteiger charge is 2.45. The molecule has 42 heavy (non-hydrogen) atoms. The summed E-state index contributed by atoms with van der Waals surface area (Å²) in [4.78, 5) is 2.38. The molecule has 202 valence electrons. The number of hydrogen-bond acceptors (Lipinski definition) is 2. The minimum absolute atomic E-state index is 0.00853. The van der Waals surface area contributed by atoms with Gasteiger partial charge in [0.1, 0.15) is 11.9 Å². The maximum Gasteiger partial charge on any atom is 0.133 e. The van der Waals surface area contributed by atoms with Crippen LogP contribution in [0, 0.1) is 23.1 Å². The average molecular weight is 546 g/mol. The van der Waals surface area contributed by atoms with Crippen molar-refractivity contribution in [3.05, 3.63) is 144 Å². The summed E-state index contributed by atoms with van der Waals surface area (Å²) >= 11 is 0. The van der Waals surface area contributed by atoms with Crippen molar-refractivity contribution in [2.24, 2.45) is 5.92 Å². The van der Waals surface area contributed by atoms with E-state index in [-0.39, 0.29) is 17.8 Å². The van der Waals surface area contributed by atoms with Crippen LogP contribution in [0.2, 0.25) is 0 Å². The lowest BCUT2D eigenvalue weighted by molar-refractivity contribution is 0.499. The Hall–Kier alpha value is -5.14. The van der Waals surface area contributed by atoms with Crippen molar-refractivity contribution in [1.82, 2.24) is 4.57 Å². The minimum atomic E-state index is -0.217. The molecule has 0 saturated heterocycles. The van der Waals surface area contributed by atoms with Gasteiger partial charge in [-0.3, -0.25) is 0 Å². The lowest BCUT2D eigenvalue weighted by Crippen LogP contribution is -2.35. The smallest absolute Gasteiger partial charge is 0.133 e. The van der Waals surface area contributed by atoms with E-state index in [9.17, 15) is 5.26 Å². The van der Waals surface area contributed by atoms with Gasteiger partial charge >= 0.3 is 0 Å². The zero-order valence-corrected chi connectivity index (χ0v) is 23.2. The predicted molar refractivity (Wildman–Crippen MR) is 169 cm³/mol. The number of aromatic nitrogens is 1. The lowest BCUT2D eigenvalue weighted by Gasteiger charge is -2.37. The second-order valence-corrected chi connectivity index (χ2v) is 11.5. The molecule has 0 radical (unpaired) electrons. The summed E-state index contributed by atoms with van der Waals surface area (Å²) in [5, 5.41) is 11.7. The maximum atomic E-state index is 15.6. The van der Waals surface area contributed by atoms with Gasteiger partial charge in [0.25, 0.3) is 0 Å². The van der Waals surface area contributed by atoms with Gasteiger partial charge in [0.05, 0.1) is 28.3 Å². The molecule has 0 N–H and O–H groups in total. The Morgan fingerprint density at radius 3 is 2.36 bits per heavy atom. The lowest BCUT2D eigenvalue weighted by atomic mass is 9.75. The van der Waals surface area contributed by atoms with Crippen LogP contribution < -0.4 is 4.90 Å². The summed E-state index contributed by atoms with van der Waals surface area (Å²) in [6.45, 7) is 2.29. The molecule has 1 aliphatic heterocycles. The van der Waals surface area contributed by atoms with Crippen LogP contribution in [0.3, 0.4) is 0 Å². The molecule has 0 amide bonds. The van der Waals surface area contributed by atoms with Gasteiger partial charge in [0.2, 0.25) is 0 Å². The Kier molecular flexibility index (Phi) is 5.55. The molecule has 1 aromatic heterocycles. The number of benzene rings is 5. The number of nitrogens with zero attached hydrogens (tertiary/aromatic N) is 3. The van der Waals surface area contributed by atoms with Crippen molar-refractivity contribution in [2.45, 2.75) is 25.3 Å². The monoisotopic (exact) mass is 545 g/mol. The van der Waals surface area contributed by atoms with Gasteiger partial charge in [-0.2, -0.15) is 5.26 Å². The third-order valence-corrected chi connectivity index (χ3v) is 9.03. The molecule has 5 aromatic carbocycles. The predicted octanol–water partition coefficient (Wildman–Crippen LogP) is 9.52. The second-order valence-electron chi connectivity index (χ2n) is 11.5. The highest BCUT2D eigenvalue weighted by molar-refractivity contribution is 6.13. The van der Waals surface area contributed by atoms with E-state index in [4.69, 9.17) is 0 Å². The van der Waals surface area contributed by atoms with Gasteiger partial charge in [0.15, 0.2) is 0 Å². The molecule has 2 heterocycles. The van der Waals surface area contributed by atoms with Crippen molar-refractivity contribution in [2.75, 3.05) is 4.90 Å². The highest BCUT2D eigenvalue weighted by atomic mass is 19.1. The molecule has 0 fully saturated rings. The topological polar surface area (TPSA) is 32.0 Å². The van der Waals surface area contributed by atoms with E-state index < -0.39 is 0 Å². The Bertz CT molecular complexity index is 2080. The zero-order chi connectivity index (χ0) is 28.4. The molecular formula is C38H28FN3. The fraction of sp³-hybridized carbons (Fsp3) is 0.132. The van der Waals surface area contributed by atoms with Gasteiger partial charge in [-0.05, 0) is 65.9 Å². The molecule has 6 aromatic rings. The Labute approximate surface area is 244 Å². The summed E-state index contributed by atoms with van der Waals surface area (Å²) < 4.78 is 17.8. The molecule has 3 nitrogen and oxygen atoms in total. The molecule has 3 unspecified atom stereocenters. The van der Waals surface area contributed by atoms with E-state index in [2.05, 4.69) is 83.1 Å².